The summed E-state index contributed by atoms with van der Waals surface area (Å²) >= 11 is 0. The molecule has 0 atom stereocenters. The third-order valence-electron chi connectivity index (χ3n) is 3.07. The Bertz CT molecular complexity index is 897. The molecule has 0 bridgehead atoms. The number of amidine groups is 1. The highest BCUT2D eigenvalue weighted by molar-refractivity contribution is 6.45. The highest BCUT2D eigenvalue weighted by Gasteiger charge is 2.05. The van der Waals surface area contributed by atoms with Gasteiger partial charge in [-0.3, -0.25) is 15.2 Å². The van der Waals surface area contributed by atoms with Gasteiger partial charge in [0.1, 0.15) is 6.07 Å². The Kier molecular flexibility index (Phi) is 3.68. The van der Waals surface area contributed by atoms with Crippen molar-refractivity contribution in [2.45, 2.75) is 0 Å². The van der Waals surface area contributed by atoms with Gasteiger partial charge in [-0.1, -0.05) is 12.1 Å². The highest BCUT2D eigenvalue weighted by Crippen LogP contribution is 2.20. The number of imidazole rings is 1. The van der Waals surface area contributed by atoms with Crippen molar-refractivity contribution < 1.29 is 0 Å². The molecule has 3 aromatic rings. The Morgan fingerprint density at radius 3 is 2.78 bits per heavy atom. The number of anilines is 1. The second-order valence-corrected chi connectivity index (χ2v) is 4.63. The van der Waals surface area contributed by atoms with Gasteiger partial charge in [0.25, 0.3) is 0 Å². The van der Waals surface area contributed by atoms with E-state index in [9.17, 15) is 0 Å². The molecule has 0 amide bonds. The first-order valence-electron chi connectivity index (χ1n) is 6.66. The number of rotatable bonds is 4. The van der Waals surface area contributed by atoms with Crippen LogP contribution in [0.5, 0.6) is 0 Å². The first-order chi connectivity index (χ1) is 11.2. The van der Waals surface area contributed by atoms with Crippen LogP contribution in [0.1, 0.15) is 0 Å². The lowest BCUT2D eigenvalue weighted by Crippen LogP contribution is -2.21. The molecule has 0 aliphatic heterocycles. The van der Waals surface area contributed by atoms with Crippen molar-refractivity contribution in [1.82, 2.24) is 14.4 Å². The molecule has 112 valence electrons. The van der Waals surface area contributed by atoms with E-state index in [1.165, 1.54) is 0 Å². The van der Waals surface area contributed by atoms with Crippen LogP contribution in [0.15, 0.2) is 54.0 Å². The van der Waals surface area contributed by atoms with E-state index in [2.05, 4.69) is 20.5 Å². The molecule has 0 radical (unpaired) electrons. The van der Waals surface area contributed by atoms with Crippen molar-refractivity contribution in [3.05, 3.63) is 48.9 Å². The summed E-state index contributed by atoms with van der Waals surface area (Å²) < 4.78 is 1.85. The Morgan fingerprint density at radius 1 is 1.35 bits per heavy atom. The first kappa shape index (κ1) is 14.2. The van der Waals surface area contributed by atoms with Crippen molar-refractivity contribution in [2.75, 3.05) is 5.43 Å². The van der Waals surface area contributed by atoms with Crippen LogP contribution in [-0.4, -0.2) is 25.9 Å². The number of hydrazone groups is 1. The topological polar surface area (TPSA) is 128 Å². The number of hydrogen-bond donors (Lipinski definition) is 3. The second-order valence-electron chi connectivity index (χ2n) is 4.63. The smallest absolute Gasteiger partial charge is 0.234 e. The minimum absolute atomic E-state index is 0.166. The van der Waals surface area contributed by atoms with E-state index < -0.39 is 0 Å². The van der Waals surface area contributed by atoms with Gasteiger partial charge < -0.3 is 5.73 Å². The molecule has 23 heavy (non-hydrogen) atoms. The van der Waals surface area contributed by atoms with Gasteiger partial charge in [-0.15, -0.1) is 0 Å². The van der Waals surface area contributed by atoms with Gasteiger partial charge in [0.15, 0.2) is 5.84 Å². The molecule has 0 saturated heterocycles. The number of nitriles is 1. The number of fused-ring (bicyclic) bond motifs is 1. The summed E-state index contributed by atoms with van der Waals surface area (Å²) in [4.78, 5) is 8.62. The van der Waals surface area contributed by atoms with Crippen molar-refractivity contribution >= 4 is 23.0 Å². The highest BCUT2D eigenvalue weighted by atomic mass is 15.3. The molecule has 0 fully saturated rings. The lowest BCUT2D eigenvalue weighted by Gasteiger charge is -2.02. The minimum Gasteiger partial charge on any atom is -0.382 e. The molecule has 8 heteroatoms. The molecule has 0 spiro atoms. The molecule has 0 unspecified atom stereocenters. The molecule has 4 N–H and O–H groups in total. The fraction of sp³-hybridized carbons (Fsp3) is 0. The number of benzene rings is 1. The lowest BCUT2D eigenvalue weighted by atomic mass is 10.1. The normalized spacial score (nSPS) is 11.2. The molecule has 8 nitrogen and oxygen atoms in total. The number of aromatic nitrogens is 3. The van der Waals surface area contributed by atoms with Crippen molar-refractivity contribution in [2.24, 2.45) is 10.8 Å². The number of nitrogens with one attached hydrogen (secondary N) is 2. The predicted molar refractivity (Wildman–Crippen MR) is 87.0 cm³/mol. The van der Waals surface area contributed by atoms with E-state index in [0.717, 1.165) is 11.3 Å². The Hall–Kier alpha value is -3.73. The van der Waals surface area contributed by atoms with Crippen LogP contribution < -0.4 is 11.2 Å². The van der Waals surface area contributed by atoms with E-state index in [1.54, 1.807) is 24.4 Å². The number of hydrogen-bond acceptors (Lipinski definition) is 6. The summed E-state index contributed by atoms with van der Waals surface area (Å²) in [5.41, 5.74) is 10.1. The Balaban J connectivity index is 1.82. The summed E-state index contributed by atoms with van der Waals surface area (Å²) in [6.07, 6.45) is 5.47. The SMILES string of the molecule is N#C/C(=N\Nc1ccc(-c2cn3cccnc3n2)cc1)C(=N)N. The summed E-state index contributed by atoms with van der Waals surface area (Å²) in [7, 11) is 0. The predicted octanol–water partition coefficient (Wildman–Crippen LogP) is 1.62. The maximum Gasteiger partial charge on any atom is 0.234 e. The van der Waals surface area contributed by atoms with Crippen LogP contribution in [-0.2, 0) is 0 Å². The summed E-state index contributed by atoms with van der Waals surface area (Å²) in [6.45, 7) is 0. The van der Waals surface area contributed by atoms with Gasteiger partial charge in [-0.05, 0) is 18.2 Å². The minimum atomic E-state index is -0.381. The van der Waals surface area contributed by atoms with E-state index in [1.807, 2.05) is 35.0 Å². The van der Waals surface area contributed by atoms with Crippen molar-refractivity contribution in [3.8, 4) is 17.3 Å². The zero-order valence-electron chi connectivity index (χ0n) is 11.9. The van der Waals surface area contributed by atoms with Crippen LogP contribution >= 0.6 is 0 Å². The van der Waals surface area contributed by atoms with Crippen molar-refractivity contribution in [1.29, 1.82) is 10.7 Å². The molecule has 0 aliphatic carbocycles. The van der Waals surface area contributed by atoms with E-state index in [4.69, 9.17) is 16.4 Å². The molecule has 2 aromatic heterocycles. The van der Waals surface area contributed by atoms with Crippen LogP contribution in [0.25, 0.3) is 17.0 Å². The zero-order chi connectivity index (χ0) is 16.2. The summed E-state index contributed by atoms with van der Waals surface area (Å²) in [5, 5.41) is 19.7. The average molecular weight is 304 g/mol. The van der Waals surface area contributed by atoms with E-state index >= 15 is 0 Å². The van der Waals surface area contributed by atoms with Crippen molar-refractivity contribution in [3.63, 3.8) is 0 Å². The second kappa shape index (κ2) is 5.95. The maximum absolute atomic E-state index is 8.78. The van der Waals surface area contributed by atoms with Gasteiger partial charge in [0.2, 0.25) is 11.5 Å². The van der Waals surface area contributed by atoms with Crippen LogP contribution in [0.3, 0.4) is 0 Å². The van der Waals surface area contributed by atoms with Crippen LogP contribution in [0.2, 0.25) is 0 Å². The first-order valence-corrected chi connectivity index (χ1v) is 6.66. The van der Waals surface area contributed by atoms with E-state index in [-0.39, 0.29) is 11.5 Å². The average Bonchev–Trinajstić information content (AvgIpc) is 2.99. The third-order valence-corrected chi connectivity index (χ3v) is 3.07. The zero-order valence-corrected chi connectivity index (χ0v) is 11.9. The van der Waals surface area contributed by atoms with Gasteiger partial charge in [-0.2, -0.15) is 10.4 Å². The number of nitrogens with zero attached hydrogens (tertiary/aromatic N) is 5. The van der Waals surface area contributed by atoms with Crippen LogP contribution in [0, 0.1) is 16.7 Å². The standard InChI is InChI=1S/C15H12N8/c16-8-12(14(17)18)22-21-11-4-2-10(3-5-11)13-9-23-7-1-6-19-15(23)20-13/h1-7,9,21H,(H3,17,18)/b22-12+. The quantitative estimate of drug-likeness (QED) is 0.383. The molecule has 2 heterocycles. The van der Waals surface area contributed by atoms with E-state index in [0.29, 0.717) is 11.5 Å². The monoisotopic (exact) mass is 304 g/mol. The van der Waals surface area contributed by atoms with Gasteiger partial charge in [0, 0.05) is 24.2 Å². The summed E-state index contributed by atoms with van der Waals surface area (Å²) in [6, 6.07) is 10.9. The molecule has 0 saturated carbocycles. The fourth-order valence-corrected chi connectivity index (χ4v) is 1.95. The molecular formula is C15H12N8. The summed E-state index contributed by atoms with van der Waals surface area (Å²) in [5.74, 6) is 0.253. The maximum atomic E-state index is 8.78. The largest absolute Gasteiger partial charge is 0.382 e. The van der Waals surface area contributed by atoms with Gasteiger partial charge in [-0.25, -0.2) is 9.97 Å². The molecular weight excluding hydrogens is 292 g/mol. The molecule has 3 rings (SSSR count). The molecule has 0 aliphatic rings. The number of nitrogens with two attached hydrogens (primary N) is 1. The van der Waals surface area contributed by atoms with Crippen LogP contribution in [0.4, 0.5) is 5.69 Å². The fourth-order valence-electron chi connectivity index (χ4n) is 1.95. The third kappa shape index (κ3) is 2.98. The Morgan fingerprint density at radius 2 is 2.13 bits per heavy atom. The lowest BCUT2D eigenvalue weighted by molar-refractivity contribution is 1.11. The van der Waals surface area contributed by atoms with Gasteiger partial charge in [0.05, 0.1) is 11.4 Å². The Labute approximate surface area is 131 Å². The molecule has 1 aromatic carbocycles. The van der Waals surface area contributed by atoms with Gasteiger partial charge >= 0.3 is 0 Å².